The van der Waals surface area contributed by atoms with Crippen LogP contribution in [-0.2, 0) is 16.0 Å². The van der Waals surface area contributed by atoms with Crippen molar-refractivity contribution in [2.24, 2.45) is 0 Å². The Morgan fingerprint density at radius 1 is 1.21 bits per heavy atom. The van der Waals surface area contributed by atoms with Crippen molar-refractivity contribution in [3.63, 3.8) is 0 Å². The van der Waals surface area contributed by atoms with Crippen molar-refractivity contribution >= 4 is 45.2 Å². The van der Waals surface area contributed by atoms with E-state index >= 15 is 0 Å². The van der Waals surface area contributed by atoms with Gasteiger partial charge in [0.25, 0.3) is 5.91 Å². The largest absolute Gasteiger partial charge is 0.354 e. The summed E-state index contributed by atoms with van der Waals surface area (Å²) in [6.45, 7) is 1.96. The van der Waals surface area contributed by atoms with Crippen LogP contribution in [-0.4, -0.2) is 24.1 Å². The Kier molecular flexibility index (Phi) is 6.22. The van der Waals surface area contributed by atoms with Crippen LogP contribution < -0.4 is 10.2 Å². The molecule has 0 aromatic heterocycles. The molecule has 0 radical (unpaired) electrons. The Morgan fingerprint density at radius 3 is 2.43 bits per heavy atom. The van der Waals surface area contributed by atoms with E-state index in [4.69, 9.17) is 0 Å². The molecule has 0 aliphatic carbocycles. The van der Waals surface area contributed by atoms with E-state index in [-0.39, 0.29) is 11.5 Å². The van der Waals surface area contributed by atoms with E-state index in [1.165, 1.54) is 23.7 Å². The number of halogens is 1. The molecule has 1 aliphatic rings. The molecule has 28 heavy (non-hydrogen) atoms. The standard InChI is InChI=1S/C21H18BrN3O2S/c1-13-3-9-16(10-4-13)25-20(27)18(11-14-5-7-15(22)8-6-14)28-21(25)17(12-23)19(26)24-2/h3-10,18H,11H2,1-2H3,(H,24,26)/b21-17-/t18-/m1/s1. The molecule has 2 aromatic carbocycles. The highest BCUT2D eigenvalue weighted by Crippen LogP contribution is 2.42. The fourth-order valence-electron chi connectivity index (χ4n) is 2.88. The average Bonchev–Trinajstić information content (AvgIpc) is 3.00. The van der Waals surface area contributed by atoms with Gasteiger partial charge in [-0.1, -0.05) is 57.5 Å². The molecule has 1 heterocycles. The van der Waals surface area contributed by atoms with Gasteiger partial charge in [0.05, 0.1) is 5.25 Å². The predicted molar refractivity (Wildman–Crippen MR) is 115 cm³/mol. The molecule has 0 unspecified atom stereocenters. The molecule has 0 bridgehead atoms. The number of benzene rings is 2. The summed E-state index contributed by atoms with van der Waals surface area (Å²) in [5.74, 6) is -0.636. The molecule has 142 valence electrons. The number of hydrogen-bond acceptors (Lipinski definition) is 4. The molecule has 2 aromatic rings. The zero-order valence-corrected chi connectivity index (χ0v) is 17.8. The molecule has 1 N–H and O–H groups in total. The number of rotatable bonds is 4. The number of nitriles is 1. The third-order valence-electron chi connectivity index (χ3n) is 4.36. The second-order valence-electron chi connectivity index (χ2n) is 6.32. The number of anilines is 1. The van der Waals surface area contributed by atoms with Gasteiger partial charge < -0.3 is 5.32 Å². The number of carbonyl (C=O) groups excluding carboxylic acids is 2. The normalized spacial score (nSPS) is 18.0. The van der Waals surface area contributed by atoms with E-state index < -0.39 is 11.2 Å². The number of amides is 2. The molecule has 7 heteroatoms. The summed E-state index contributed by atoms with van der Waals surface area (Å²) in [7, 11) is 1.47. The number of likely N-dealkylation sites (N-methyl/N-ethyl adjacent to an activating group) is 1. The van der Waals surface area contributed by atoms with E-state index in [0.29, 0.717) is 17.1 Å². The van der Waals surface area contributed by atoms with Crippen LogP contribution in [0.5, 0.6) is 0 Å². The molecule has 3 rings (SSSR count). The van der Waals surface area contributed by atoms with Crippen molar-refractivity contribution in [1.82, 2.24) is 5.32 Å². The monoisotopic (exact) mass is 455 g/mol. The Morgan fingerprint density at radius 2 is 1.86 bits per heavy atom. The lowest BCUT2D eigenvalue weighted by atomic mass is 10.1. The Labute approximate surface area is 176 Å². The molecular weight excluding hydrogens is 438 g/mol. The molecule has 1 aliphatic heterocycles. The summed E-state index contributed by atoms with van der Waals surface area (Å²) < 4.78 is 0.968. The van der Waals surface area contributed by atoms with E-state index in [2.05, 4.69) is 21.2 Å². The van der Waals surface area contributed by atoms with E-state index in [0.717, 1.165) is 15.6 Å². The van der Waals surface area contributed by atoms with Gasteiger partial charge in [0, 0.05) is 17.2 Å². The van der Waals surface area contributed by atoms with E-state index in [9.17, 15) is 14.9 Å². The highest BCUT2D eigenvalue weighted by atomic mass is 79.9. The van der Waals surface area contributed by atoms with E-state index in [1.807, 2.05) is 61.5 Å². The fourth-order valence-corrected chi connectivity index (χ4v) is 4.45. The summed E-state index contributed by atoms with van der Waals surface area (Å²) in [6.07, 6.45) is 0.509. The van der Waals surface area contributed by atoms with Gasteiger partial charge in [0.1, 0.15) is 16.7 Å². The minimum absolute atomic E-state index is 0.0558. The molecule has 0 saturated carbocycles. The number of nitrogens with zero attached hydrogens (tertiary/aromatic N) is 2. The first kappa shape index (κ1) is 20.2. The van der Waals surface area contributed by atoms with Crippen molar-refractivity contribution in [3.8, 4) is 6.07 Å². The van der Waals surface area contributed by atoms with Gasteiger partial charge in [-0.25, -0.2) is 0 Å². The maximum Gasteiger partial charge on any atom is 0.264 e. The van der Waals surface area contributed by atoms with Crippen molar-refractivity contribution < 1.29 is 9.59 Å². The summed E-state index contributed by atoms with van der Waals surface area (Å²) >= 11 is 4.67. The second kappa shape index (κ2) is 8.63. The van der Waals surface area contributed by atoms with Gasteiger partial charge in [-0.3, -0.25) is 14.5 Å². The summed E-state index contributed by atoms with van der Waals surface area (Å²) in [5, 5.41) is 12.0. The minimum Gasteiger partial charge on any atom is -0.354 e. The SMILES string of the molecule is CNC(=O)/C(C#N)=C1\S[C@H](Cc2ccc(Br)cc2)C(=O)N1c1ccc(C)cc1. The molecule has 0 spiro atoms. The van der Waals surface area contributed by atoms with Gasteiger partial charge in [-0.2, -0.15) is 5.26 Å². The van der Waals surface area contributed by atoms with E-state index in [1.54, 1.807) is 0 Å². The summed E-state index contributed by atoms with van der Waals surface area (Å²) in [4.78, 5) is 26.9. The zero-order valence-electron chi connectivity index (χ0n) is 15.4. The molecule has 2 amide bonds. The number of nitrogens with one attached hydrogen (secondary N) is 1. The quantitative estimate of drug-likeness (QED) is 0.559. The highest BCUT2D eigenvalue weighted by molar-refractivity contribution is 9.10. The van der Waals surface area contributed by atoms with Crippen LogP contribution in [0.15, 0.2) is 63.6 Å². The van der Waals surface area contributed by atoms with Crippen molar-refractivity contribution in [2.75, 3.05) is 11.9 Å². The maximum atomic E-state index is 13.2. The van der Waals surface area contributed by atoms with Crippen molar-refractivity contribution in [2.45, 2.75) is 18.6 Å². The number of carbonyl (C=O) groups is 2. The molecule has 5 nitrogen and oxygen atoms in total. The number of hydrogen-bond donors (Lipinski definition) is 1. The lowest BCUT2D eigenvalue weighted by molar-refractivity contribution is -0.117. The van der Waals surface area contributed by atoms with Crippen LogP contribution in [0.25, 0.3) is 0 Å². The average molecular weight is 456 g/mol. The van der Waals surface area contributed by atoms with Gasteiger partial charge in [0.2, 0.25) is 5.91 Å². The van der Waals surface area contributed by atoms with Crippen LogP contribution >= 0.6 is 27.7 Å². The molecular formula is C21H18BrN3O2S. The maximum absolute atomic E-state index is 13.2. The highest BCUT2D eigenvalue weighted by Gasteiger charge is 2.40. The van der Waals surface area contributed by atoms with Gasteiger partial charge in [-0.15, -0.1) is 0 Å². The van der Waals surface area contributed by atoms with Gasteiger partial charge in [-0.05, 0) is 43.2 Å². The summed E-state index contributed by atoms with van der Waals surface area (Å²) in [5.41, 5.74) is 2.66. The van der Waals surface area contributed by atoms with Crippen LogP contribution in [0.2, 0.25) is 0 Å². The Hall–Kier alpha value is -2.56. The first-order chi connectivity index (χ1) is 13.4. The Bertz CT molecular complexity index is 978. The third kappa shape index (κ3) is 4.13. The molecule has 1 fully saturated rings. The number of aryl methyl sites for hydroxylation is 1. The number of thioether (sulfide) groups is 1. The van der Waals surface area contributed by atoms with Gasteiger partial charge in [0.15, 0.2) is 0 Å². The van der Waals surface area contributed by atoms with Gasteiger partial charge >= 0.3 is 0 Å². The first-order valence-corrected chi connectivity index (χ1v) is 10.3. The minimum atomic E-state index is -0.501. The summed E-state index contributed by atoms with van der Waals surface area (Å²) in [6, 6.07) is 17.2. The smallest absolute Gasteiger partial charge is 0.264 e. The molecule has 1 atom stereocenters. The zero-order chi connectivity index (χ0) is 20.3. The van der Waals surface area contributed by atoms with Crippen molar-refractivity contribution in [1.29, 1.82) is 5.26 Å². The topological polar surface area (TPSA) is 73.2 Å². The molecule has 1 saturated heterocycles. The lowest BCUT2D eigenvalue weighted by Crippen LogP contribution is -2.31. The lowest BCUT2D eigenvalue weighted by Gasteiger charge is -2.18. The predicted octanol–water partition coefficient (Wildman–Crippen LogP) is 3.93. The third-order valence-corrected chi connectivity index (χ3v) is 6.15. The van der Waals surface area contributed by atoms with Crippen molar-refractivity contribution in [3.05, 3.63) is 74.7 Å². The van der Waals surface area contributed by atoms with Crippen LogP contribution in [0.4, 0.5) is 5.69 Å². The van der Waals surface area contributed by atoms with Crippen LogP contribution in [0.1, 0.15) is 11.1 Å². The van der Waals surface area contributed by atoms with Crippen LogP contribution in [0, 0.1) is 18.3 Å². The Balaban J connectivity index is 2.03. The fraction of sp³-hybridized carbons (Fsp3) is 0.190. The van der Waals surface area contributed by atoms with Crippen LogP contribution in [0.3, 0.4) is 0 Å². The first-order valence-electron chi connectivity index (χ1n) is 8.62. The second-order valence-corrected chi connectivity index (χ2v) is 8.42.